The molecule has 0 saturated carbocycles. The van der Waals surface area contributed by atoms with E-state index in [-0.39, 0.29) is 6.54 Å². The lowest BCUT2D eigenvalue weighted by Crippen LogP contribution is -2.41. The van der Waals surface area contributed by atoms with E-state index in [4.69, 9.17) is 0 Å². The number of nitrogens with zero attached hydrogens (tertiary/aromatic N) is 3. The van der Waals surface area contributed by atoms with E-state index >= 15 is 0 Å². The van der Waals surface area contributed by atoms with Crippen molar-refractivity contribution in [1.82, 2.24) is 14.1 Å². The lowest BCUT2D eigenvalue weighted by Gasteiger charge is -2.11. The Morgan fingerprint density at radius 3 is 2.45 bits per heavy atom. The first-order chi connectivity index (χ1) is 15.0. The second-order valence-corrected chi connectivity index (χ2v) is 8.08. The summed E-state index contributed by atoms with van der Waals surface area (Å²) in [5, 5.41) is 5.70. The molecule has 0 atom stereocenters. The van der Waals surface area contributed by atoms with Crippen LogP contribution in [-0.2, 0) is 17.9 Å². The maximum Gasteiger partial charge on any atom is 0.331 e. The van der Waals surface area contributed by atoms with Gasteiger partial charge in [0.1, 0.15) is 6.54 Å². The Bertz CT molecular complexity index is 1320. The van der Waals surface area contributed by atoms with Gasteiger partial charge in [0.05, 0.1) is 17.2 Å². The molecule has 0 radical (unpaired) electrons. The van der Waals surface area contributed by atoms with E-state index in [1.54, 1.807) is 23.5 Å². The highest BCUT2D eigenvalue weighted by atomic mass is 32.1. The van der Waals surface area contributed by atoms with Gasteiger partial charge in [-0.25, -0.2) is 9.78 Å². The maximum atomic E-state index is 12.7. The van der Waals surface area contributed by atoms with Crippen LogP contribution in [0.3, 0.4) is 0 Å². The third-order valence-corrected chi connectivity index (χ3v) is 5.49. The van der Waals surface area contributed by atoms with Gasteiger partial charge in [0, 0.05) is 28.9 Å². The summed E-state index contributed by atoms with van der Waals surface area (Å²) >= 11 is 1.57. The monoisotopic (exact) mass is 432 g/mol. The first-order valence-electron chi connectivity index (χ1n) is 9.66. The van der Waals surface area contributed by atoms with Crippen molar-refractivity contribution < 1.29 is 4.79 Å². The molecule has 0 aliphatic heterocycles. The van der Waals surface area contributed by atoms with Crippen LogP contribution in [0.5, 0.6) is 0 Å². The van der Waals surface area contributed by atoms with Crippen molar-refractivity contribution >= 4 is 22.9 Å². The quantitative estimate of drug-likeness (QED) is 0.507. The van der Waals surface area contributed by atoms with Crippen molar-refractivity contribution in [3.63, 3.8) is 0 Å². The zero-order valence-electron chi connectivity index (χ0n) is 16.8. The Labute approximate surface area is 182 Å². The van der Waals surface area contributed by atoms with Crippen LogP contribution in [0.25, 0.3) is 11.3 Å². The molecule has 1 N–H and O–H groups in total. The summed E-state index contributed by atoms with van der Waals surface area (Å²) in [6.07, 6.45) is 1.45. The Morgan fingerprint density at radius 1 is 1.03 bits per heavy atom. The molecule has 4 rings (SSSR count). The predicted molar refractivity (Wildman–Crippen MR) is 121 cm³/mol. The van der Waals surface area contributed by atoms with Crippen molar-refractivity contribution in [3.05, 3.63) is 104 Å². The fourth-order valence-corrected chi connectivity index (χ4v) is 3.79. The van der Waals surface area contributed by atoms with Crippen LogP contribution < -0.4 is 16.6 Å². The molecule has 0 fully saturated rings. The van der Waals surface area contributed by atoms with Crippen molar-refractivity contribution in [3.8, 4) is 11.3 Å². The minimum Gasteiger partial charge on any atom is -0.325 e. The summed E-state index contributed by atoms with van der Waals surface area (Å²) in [5.74, 6) is -0.450. The van der Waals surface area contributed by atoms with E-state index < -0.39 is 17.2 Å². The summed E-state index contributed by atoms with van der Waals surface area (Å²) in [4.78, 5) is 41.9. The van der Waals surface area contributed by atoms with Gasteiger partial charge >= 0.3 is 5.69 Å². The van der Waals surface area contributed by atoms with Crippen LogP contribution in [-0.4, -0.2) is 20.0 Å². The molecule has 0 saturated heterocycles. The molecule has 156 valence electrons. The van der Waals surface area contributed by atoms with Crippen LogP contribution in [0.4, 0.5) is 5.69 Å². The number of rotatable bonds is 6. The molecule has 0 bridgehead atoms. The van der Waals surface area contributed by atoms with Gasteiger partial charge in [0.15, 0.2) is 0 Å². The average molecular weight is 433 g/mol. The normalized spacial score (nSPS) is 10.7. The molecule has 0 spiro atoms. The molecule has 4 aromatic rings. The Balaban J connectivity index is 1.47. The number of nitrogens with one attached hydrogen (secondary N) is 1. The summed E-state index contributed by atoms with van der Waals surface area (Å²) in [6, 6.07) is 18.0. The smallest absolute Gasteiger partial charge is 0.325 e. The third-order valence-electron chi connectivity index (χ3n) is 4.72. The molecular formula is C23H20N4O3S. The van der Waals surface area contributed by atoms with Crippen molar-refractivity contribution in [2.45, 2.75) is 20.0 Å². The summed E-state index contributed by atoms with van der Waals surface area (Å²) in [7, 11) is 0. The van der Waals surface area contributed by atoms with Crippen LogP contribution in [0, 0.1) is 6.92 Å². The predicted octanol–water partition coefficient (Wildman–Crippen LogP) is 3.13. The number of hydrogen-bond acceptors (Lipinski definition) is 5. The Morgan fingerprint density at radius 2 is 1.77 bits per heavy atom. The zero-order chi connectivity index (χ0) is 21.8. The number of amides is 1. The molecule has 2 aromatic heterocycles. The van der Waals surface area contributed by atoms with Gasteiger partial charge in [-0.1, -0.05) is 42.5 Å². The van der Waals surface area contributed by atoms with Gasteiger partial charge in [-0.3, -0.25) is 18.7 Å². The average Bonchev–Trinajstić information content (AvgIpc) is 3.21. The highest BCUT2D eigenvalue weighted by Gasteiger charge is 2.11. The lowest BCUT2D eigenvalue weighted by molar-refractivity contribution is -0.116. The van der Waals surface area contributed by atoms with Crippen molar-refractivity contribution in [2.24, 2.45) is 0 Å². The zero-order valence-corrected chi connectivity index (χ0v) is 17.6. The highest BCUT2D eigenvalue weighted by molar-refractivity contribution is 7.09. The number of aryl methyl sites for hydroxylation is 1. The number of thiazole rings is 1. The van der Waals surface area contributed by atoms with Gasteiger partial charge in [-0.05, 0) is 24.6 Å². The van der Waals surface area contributed by atoms with Gasteiger partial charge in [-0.2, -0.15) is 0 Å². The molecule has 0 unspecified atom stereocenters. The van der Waals surface area contributed by atoms with Crippen LogP contribution in [0.2, 0.25) is 0 Å². The summed E-state index contributed by atoms with van der Waals surface area (Å²) in [5.41, 5.74) is 2.30. The van der Waals surface area contributed by atoms with Crippen LogP contribution >= 0.6 is 11.3 Å². The van der Waals surface area contributed by atoms with Crippen molar-refractivity contribution in [2.75, 3.05) is 5.32 Å². The van der Waals surface area contributed by atoms with E-state index in [0.29, 0.717) is 12.2 Å². The Kier molecular flexibility index (Phi) is 5.90. The Hall–Kier alpha value is -3.78. The number of carbonyl (C=O) groups is 1. The molecular weight excluding hydrogens is 412 g/mol. The SMILES string of the molecule is Cc1nc(-c2ccc(NC(=O)Cn3c(=O)ccn(Cc4ccccc4)c3=O)cc2)cs1. The number of aromatic nitrogens is 3. The van der Waals surface area contributed by atoms with Crippen molar-refractivity contribution in [1.29, 1.82) is 0 Å². The van der Waals surface area contributed by atoms with E-state index in [2.05, 4.69) is 10.3 Å². The number of carbonyl (C=O) groups excluding carboxylic acids is 1. The second kappa shape index (κ2) is 8.93. The van der Waals surface area contributed by atoms with E-state index in [1.165, 1.54) is 16.8 Å². The van der Waals surface area contributed by atoms with E-state index in [9.17, 15) is 14.4 Å². The number of hydrogen-bond donors (Lipinski definition) is 1. The molecule has 2 aromatic carbocycles. The largest absolute Gasteiger partial charge is 0.331 e. The third kappa shape index (κ3) is 4.87. The summed E-state index contributed by atoms with van der Waals surface area (Å²) < 4.78 is 2.35. The first-order valence-corrected chi connectivity index (χ1v) is 10.5. The fraction of sp³-hybridized carbons (Fsp3) is 0.130. The topological polar surface area (TPSA) is 86.0 Å². The van der Waals surface area contributed by atoms with Gasteiger partial charge in [0.25, 0.3) is 5.56 Å². The summed E-state index contributed by atoms with van der Waals surface area (Å²) in [6.45, 7) is 1.90. The maximum absolute atomic E-state index is 12.7. The van der Waals surface area contributed by atoms with Gasteiger partial charge in [-0.15, -0.1) is 11.3 Å². The van der Waals surface area contributed by atoms with E-state index in [0.717, 1.165) is 26.4 Å². The molecule has 2 heterocycles. The standard InChI is InChI=1S/C23H20N4O3S/c1-16-24-20(15-31-16)18-7-9-19(10-8-18)25-21(28)14-27-22(29)11-12-26(23(27)30)13-17-5-3-2-4-6-17/h2-12,15H,13-14H2,1H3,(H,25,28). The molecule has 31 heavy (non-hydrogen) atoms. The van der Waals surface area contributed by atoms with Crippen LogP contribution in [0.1, 0.15) is 10.6 Å². The van der Waals surface area contributed by atoms with Crippen LogP contribution in [0.15, 0.2) is 81.8 Å². The number of benzene rings is 2. The minimum atomic E-state index is -0.527. The fourth-order valence-electron chi connectivity index (χ4n) is 3.17. The molecule has 0 aliphatic rings. The van der Waals surface area contributed by atoms with E-state index in [1.807, 2.05) is 54.8 Å². The number of anilines is 1. The molecule has 0 aliphatic carbocycles. The molecule has 8 heteroatoms. The molecule has 7 nitrogen and oxygen atoms in total. The minimum absolute atomic E-state index is 0.319. The second-order valence-electron chi connectivity index (χ2n) is 7.01. The van der Waals surface area contributed by atoms with Gasteiger partial charge < -0.3 is 5.32 Å². The first kappa shape index (κ1) is 20.5. The lowest BCUT2D eigenvalue weighted by atomic mass is 10.1. The van der Waals surface area contributed by atoms with Gasteiger partial charge in [0.2, 0.25) is 5.91 Å². The highest BCUT2D eigenvalue weighted by Crippen LogP contribution is 2.23. The molecule has 1 amide bonds.